The number of hydrogen-bond acceptors (Lipinski definition) is 7. The number of carbonyl (C=O) groups excluding carboxylic acids is 1. The quantitative estimate of drug-likeness (QED) is 0.770. The molecule has 1 N–H and O–H groups in total. The molecule has 2 fully saturated rings. The molecule has 170 valence electrons. The van der Waals surface area contributed by atoms with Crippen LogP contribution < -0.4 is 19.7 Å². The average molecular weight is 438 g/mol. The summed E-state index contributed by atoms with van der Waals surface area (Å²) in [4.78, 5) is 25.4. The molecule has 0 bridgehead atoms. The second-order valence-corrected chi connectivity index (χ2v) is 8.84. The summed E-state index contributed by atoms with van der Waals surface area (Å²) in [7, 11) is 1.61. The highest BCUT2D eigenvalue weighted by Gasteiger charge is 2.31. The maximum absolute atomic E-state index is 11.7. The predicted molar refractivity (Wildman–Crippen MR) is 121 cm³/mol. The number of hydrogen-bond donors (Lipinski definition) is 1. The summed E-state index contributed by atoms with van der Waals surface area (Å²) in [5, 5.41) is 2.60. The van der Waals surface area contributed by atoms with Gasteiger partial charge in [0.1, 0.15) is 13.2 Å². The molecule has 8 nitrogen and oxygen atoms in total. The Morgan fingerprint density at radius 3 is 2.56 bits per heavy atom. The molecule has 1 unspecified atom stereocenters. The molecule has 0 saturated carbocycles. The largest absolute Gasteiger partial charge is 0.486 e. The van der Waals surface area contributed by atoms with Gasteiger partial charge >= 0.3 is 0 Å². The number of nitrogens with zero attached hydrogens (tertiary/aromatic N) is 4. The van der Waals surface area contributed by atoms with Crippen LogP contribution in [0.15, 0.2) is 30.6 Å². The smallest absolute Gasteiger partial charge is 0.254 e. The number of amides is 1. The van der Waals surface area contributed by atoms with Crippen LogP contribution in [-0.2, 0) is 0 Å². The maximum atomic E-state index is 11.7. The fourth-order valence-corrected chi connectivity index (χ4v) is 5.08. The van der Waals surface area contributed by atoms with E-state index in [-0.39, 0.29) is 5.91 Å². The van der Waals surface area contributed by atoms with E-state index in [9.17, 15) is 4.79 Å². The standard InChI is InChI=1S/C24H31N5O3/c1-25-23(30)19-14-26-24(27-15-19)28-9-6-17(7-10-28)16-29-8-2-3-20(29)18-4-5-21-22(13-18)32-12-11-31-21/h4-5,13-15,17,20H,2-3,6-12,16H2,1H3,(H,25,30). The van der Waals surface area contributed by atoms with E-state index in [1.807, 2.05) is 0 Å². The lowest BCUT2D eigenvalue weighted by atomic mass is 9.95. The fourth-order valence-electron chi connectivity index (χ4n) is 5.08. The number of piperidine rings is 1. The molecule has 3 aliphatic heterocycles. The van der Waals surface area contributed by atoms with Crippen molar-refractivity contribution in [2.75, 3.05) is 51.3 Å². The molecule has 1 amide bonds. The molecule has 1 atom stereocenters. The zero-order valence-corrected chi connectivity index (χ0v) is 18.6. The van der Waals surface area contributed by atoms with Gasteiger partial charge in [0.05, 0.1) is 5.56 Å². The molecule has 1 aromatic heterocycles. The number of rotatable bonds is 5. The Morgan fingerprint density at radius 1 is 1.06 bits per heavy atom. The monoisotopic (exact) mass is 437 g/mol. The third kappa shape index (κ3) is 4.37. The molecule has 0 radical (unpaired) electrons. The van der Waals surface area contributed by atoms with Gasteiger partial charge in [-0.25, -0.2) is 9.97 Å². The van der Waals surface area contributed by atoms with Crippen molar-refractivity contribution in [1.29, 1.82) is 0 Å². The predicted octanol–water partition coefficient (Wildman–Crippen LogP) is 2.66. The fraction of sp³-hybridized carbons (Fsp3) is 0.542. The number of likely N-dealkylation sites (tertiary alicyclic amines) is 1. The maximum Gasteiger partial charge on any atom is 0.254 e. The zero-order chi connectivity index (χ0) is 21.9. The second kappa shape index (κ2) is 9.32. The zero-order valence-electron chi connectivity index (χ0n) is 18.6. The Hall–Kier alpha value is -2.87. The lowest BCUT2D eigenvalue weighted by molar-refractivity contribution is 0.0962. The lowest BCUT2D eigenvalue weighted by Crippen LogP contribution is -2.39. The SMILES string of the molecule is CNC(=O)c1cnc(N2CCC(CN3CCCC3c3ccc4c(c3)OCCO4)CC2)nc1. The topological polar surface area (TPSA) is 79.8 Å². The molecule has 8 heteroatoms. The molecule has 2 aromatic rings. The van der Waals surface area contributed by atoms with Crippen molar-refractivity contribution in [3.63, 3.8) is 0 Å². The molecule has 4 heterocycles. The minimum Gasteiger partial charge on any atom is -0.486 e. The minimum atomic E-state index is -0.159. The third-order valence-electron chi connectivity index (χ3n) is 6.83. The van der Waals surface area contributed by atoms with Gasteiger partial charge < -0.3 is 19.7 Å². The number of ether oxygens (including phenoxy) is 2. The number of anilines is 1. The first-order valence-electron chi connectivity index (χ1n) is 11.6. The van der Waals surface area contributed by atoms with E-state index < -0.39 is 0 Å². The summed E-state index contributed by atoms with van der Waals surface area (Å²) in [5.41, 5.74) is 1.83. The molecule has 2 saturated heterocycles. The van der Waals surface area contributed by atoms with E-state index in [1.54, 1.807) is 19.4 Å². The van der Waals surface area contributed by atoms with Crippen LogP contribution in [-0.4, -0.2) is 67.2 Å². The summed E-state index contributed by atoms with van der Waals surface area (Å²) in [6.45, 7) is 5.44. The molecule has 5 rings (SSSR count). The molecular formula is C24H31N5O3. The van der Waals surface area contributed by atoms with Gasteiger partial charge in [-0.1, -0.05) is 6.07 Å². The van der Waals surface area contributed by atoms with Gasteiger partial charge in [-0.2, -0.15) is 0 Å². The van der Waals surface area contributed by atoms with Crippen LogP contribution in [0.1, 0.15) is 47.6 Å². The summed E-state index contributed by atoms with van der Waals surface area (Å²) in [6, 6.07) is 6.91. The van der Waals surface area contributed by atoms with E-state index in [1.165, 1.54) is 18.4 Å². The van der Waals surface area contributed by atoms with Crippen molar-refractivity contribution < 1.29 is 14.3 Å². The molecule has 0 spiro atoms. The normalized spacial score (nSPS) is 21.5. The highest BCUT2D eigenvalue weighted by atomic mass is 16.6. The Bertz CT molecular complexity index is 943. The van der Waals surface area contributed by atoms with Gasteiger partial charge in [0.25, 0.3) is 5.91 Å². The van der Waals surface area contributed by atoms with Gasteiger partial charge in [-0.3, -0.25) is 9.69 Å². The van der Waals surface area contributed by atoms with Crippen LogP contribution >= 0.6 is 0 Å². The average Bonchev–Trinajstić information content (AvgIpc) is 3.32. The van der Waals surface area contributed by atoms with Gasteiger partial charge in [0.2, 0.25) is 5.95 Å². The van der Waals surface area contributed by atoms with Gasteiger partial charge in [-0.15, -0.1) is 0 Å². The van der Waals surface area contributed by atoms with Crippen molar-refractivity contribution in [3.05, 3.63) is 41.7 Å². The van der Waals surface area contributed by atoms with Crippen LogP contribution in [0.25, 0.3) is 0 Å². The van der Waals surface area contributed by atoms with Crippen LogP contribution in [0, 0.1) is 5.92 Å². The second-order valence-electron chi connectivity index (χ2n) is 8.84. The minimum absolute atomic E-state index is 0.159. The summed E-state index contributed by atoms with van der Waals surface area (Å²) < 4.78 is 11.5. The summed E-state index contributed by atoms with van der Waals surface area (Å²) in [6.07, 6.45) is 7.91. The van der Waals surface area contributed by atoms with Crippen molar-refractivity contribution >= 4 is 11.9 Å². The van der Waals surface area contributed by atoms with Crippen LogP contribution in [0.3, 0.4) is 0 Å². The van der Waals surface area contributed by atoms with E-state index in [2.05, 4.69) is 43.3 Å². The van der Waals surface area contributed by atoms with E-state index in [0.29, 0.717) is 36.7 Å². The highest BCUT2D eigenvalue weighted by Crippen LogP contribution is 2.39. The van der Waals surface area contributed by atoms with Crippen LogP contribution in [0.4, 0.5) is 5.95 Å². The van der Waals surface area contributed by atoms with Crippen molar-refractivity contribution in [2.24, 2.45) is 5.92 Å². The molecule has 3 aliphatic rings. The Kier molecular flexibility index (Phi) is 6.12. The first-order valence-corrected chi connectivity index (χ1v) is 11.6. The number of aromatic nitrogens is 2. The number of nitrogens with one attached hydrogen (secondary N) is 1. The number of fused-ring (bicyclic) bond motifs is 1. The molecule has 1 aromatic carbocycles. The first-order chi connectivity index (χ1) is 15.7. The van der Waals surface area contributed by atoms with E-state index in [4.69, 9.17) is 9.47 Å². The Morgan fingerprint density at radius 2 is 1.81 bits per heavy atom. The van der Waals surface area contributed by atoms with Gasteiger partial charge in [0.15, 0.2) is 11.5 Å². The summed E-state index contributed by atoms with van der Waals surface area (Å²) >= 11 is 0. The van der Waals surface area contributed by atoms with Gasteiger partial charge in [-0.05, 0) is 55.8 Å². The molecular weight excluding hydrogens is 406 g/mol. The van der Waals surface area contributed by atoms with E-state index >= 15 is 0 Å². The molecule has 0 aliphatic carbocycles. The Balaban J connectivity index is 1.17. The van der Waals surface area contributed by atoms with Crippen molar-refractivity contribution in [3.8, 4) is 11.5 Å². The van der Waals surface area contributed by atoms with Crippen LogP contribution in [0.2, 0.25) is 0 Å². The Labute approximate surface area is 188 Å². The van der Waals surface area contributed by atoms with Crippen molar-refractivity contribution in [1.82, 2.24) is 20.2 Å². The lowest BCUT2D eigenvalue weighted by Gasteiger charge is -2.35. The van der Waals surface area contributed by atoms with Crippen molar-refractivity contribution in [2.45, 2.75) is 31.7 Å². The third-order valence-corrected chi connectivity index (χ3v) is 6.83. The van der Waals surface area contributed by atoms with Crippen LogP contribution in [0.5, 0.6) is 11.5 Å². The first kappa shape index (κ1) is 21.0. The number of carbonyl (C=O) groups is 1. The summed E-state index contributed by atoms with van der Waals surface area (Å²) in [5.74, 6) is 2.98. The van der Waals surface area contributed by atoms with Gasteiger partial charge in [0, 0.05) is 45.1 Å². The highest BCUT2D eigenvalue weighted by molar-refractivity contribution is 5.93. The van der Waals surface area contributed by atoms with E-state index in [0.717, 1.165) is 50.5 Å². The number of benzene rings is 1. The molecule has 32 heavy (non-hydrogen) atoms.